The van der Waals surface area contributed by atoms with E-state index in [9.17, 15) is 5.11 Å². The van der Waals surface area contributed by atoms with Gasteiger partial charge < -0.3 is 25.0 Å². The lowest BCUT2D eigenvalue weighted by molar-refractivity contribution is 0.110. The Balaban J connectivity index is 1.10. The Morgan fingerprint density at radius 1 is 1.04 bits per heavy atom. The Morgan fingerprint density at radius 2 is 1.83 bits per heavy atom. The third kappa shape index (κ3) is 4.94. The van der Waals surface area contributed by atoms with Crippen molar-refractivity contribution < 1.29 is 14.2 Å². The van der Waals surface area contributed by atoms with Crippen LogP contribution in [0.15, 0.2) is 36.5 Å². The number of terminal acetylenes is 1. The van der Waals surface area contributed by atoms with Crippen molar-refractivity contribution >= 4 is 27.5 Å². The molecule has 8 nitrogen and oxygen atoms in total. The highest BCUT2D eigenvalue weighted by Crippen LogP contribution is 2.48. The van der Waals surface area contributed by atoms with Crippen LogP contribution in [0.5, 0.6) is 11.8 Å². The fourth-order valence-corrected chi connectivity index (χ4v) is 8.87. The zero-order valence-corrected chi connectivity index (χ0v) is 26.0. The van der Waals surface area contributed by atoms with Crippen molar-refractivity contribution in [3.8, 4) is 35.4 Å². The maximum atomic E-state index is 16.8. The SMILES string of the molecule is C#Cc1cccc2cc(O)cc(-c3ncc4c(N5C[C@H]6CC[C@@H](C5)N6)nc(OCC5(CN6CC7CCC(C7)C6)CC5)nc4c3F)c12. The number of piperidine rings is 1. The van der Waals surface area contributed by atoms with E-state index in [-0.39, 0.29) is 28.4 Å². The maximum absolute atomic E-state index is 16.8. The molecule has 5 fully saturated rings. The number of piperazine rings is 1. The summed E-state index contributed by atoms with van der Waals surface area (Å²) in [5, 5.41) is 16.2. The van der Waals surface area contributed by atoms with Gasteiger partial charge in [-0.3, -0.25) is 4.98 Å². The molecule has 0 spiro atoms. The third-order valence-corrected chi connectivity index (χ3v) is 11.2. The molecule has 0 amide bonds. The second-order valence-corrected chi connectivity index (χ2v) is 14.6. The van der Waals surface area contributed by atoms with Crippen molar-refractivity contribution in [2.24, 2.45) is 17.3 Å². The highest BCUT2D eigenvalue weighted by Gasteiger charge is 2.47. The molecule has 4 bridgehead atoms. The van der Waals surface area contributed by atoms with Crippen LogP contribution in [0.3, 0.4) is 0 Å². The number of pyridine rings is 1. The van der Waals surface area contributed by atoms with E-state index in [1.165, 1.54) is 38.4 Å². The Labute approximate surface area is 268 Å². The molecule has 46 heavy (non-hydrogen) atoms. The molecular formula is C37H39FN6O2. The number of phenolic OH excluding ortho intramolecular Hbond substituents is 1. The fraction of sp³-hybridized carbons (Fsp3) is 0.486. The van der Waals surface area contributed by atoms with Crippen molar-refractivity contribution in [2.45, 2.75) is 57.0 Å². The first-order valence-corrected chi connectivity index (χ1v) is 16.9. The molecule has 236 valence electrons. The van der Waals surface area contributed by atoms with Crippen molar-refractivity contribution in [2.75, 3.05) is 44.2 Å². The predicted octanol–water partition coefficient (Wildman–Crippen LogP) is 5.50. The number of anilines is 1. The normalized spacial score (nSPS) is 26.5. The van der Waals surface area contributed by atoms with Crippen LogP contribution in [0.1, 0.15) is 50.5 Å². The van der Waals surface area contributed by atoms with Crippen LogP contribution in [0.25, 0.3) is 32.9 Å². The number of benzene rings is 2. The van der Waals surface area contributed by atoms with Gasteiger partial charge in [0.25, 0.3) is 0 Å². The Morgan fingerprint density at radius 3 is 2.57 bits per heavy atom. The predicted molar refractivity (Wildman–Crippen MR) is 176 cm³/mol. The summed E-state index contributed by atoms with van der Waals surface area (Å²) in [5.41, 5.74) is 1.40. The highest BCUT2D eigenvalue weighted by atomic mass is 19.1. The van der Waals surface area contributed by atoms with Crippen molar-refractivity contribution in [1.29, 1.82) is 0 Å². The summed E-state index contributed by atoms with van der Waals surface area (Å²) in [4.78, 5) is 19.2. The molecule has 2 N–H and O–H groups in total. The lowest BCUT2D eigenvalue weighted by Crippen LogP contribution is -2.51. The molecule has 4 aromatic rings. The monoisotopic (exact) mass is 618 g/mol. The van der Waals surface area contributed by atoms with Gasteiger partial charge in [-0.1, -0.05) is 18.1 Å². The first kappa shape index (κ1) is 28.2. The number of hydrogen-bond acceptors (Lipinski definition) is 8. The van der Waals surface area contributed by atoms with Gasteiger partial charge in [0, 0.05) is 72.9 Å². The standard InChI is InChI=1S/C37H39FN6O2/c1-2-24-4-3-5-25-13-28(45)14-29(31(24)25)33-32(38)34-30(15-39-33)35(44-18-26-8-9-27(19-44)40-26)42-36(41-34)46-21-37(10-11-37)20-43-16-22-6-7-23(12-22)17-43/h1,3-5,13-15,22-23,26-27,40,45H,6-12,16-21H2/t22?,23?,26-,27+. The minimum atomic E-state index is -0.576. The number of fused-ring (bicyclic) bond motifs is 6. The number of nitrogens with zero attached hydrogens (tertiary/aromatic N) is 5. The van der Waals surface area contributed by atoms with Crippen LogP contribution in [-0.2, 0) is 0 Å². The molecule has 3 aliphatic heterocycles. The van der Waals surface area contributed by atoms with E-state index in [2.05, 4.69) is 26.0 Å². The molecular weight excluding hydrogens is 579 g/mol. The summed E-state index contributed by atoms with van der Waals surface area (Å²) >= 11 is 0. The molecule has 9 rings (SSSR count). The van der Waals surface area contributed by atoms with Crippen LogP contribution >= 0.6 is 0 Å². The van der Waals surface area contributed by atoms with Gasteiger partial charge in [0.2, 0.25) is 0 Å². The molecule has 3 saturated heterocycles. The molecule has 4 atom stereocenters. The van der Waals surface area contributed by atoms with Crippen LogP contribution in [-0.4, -0.2) is 76.4 Å². The van der Waals surface area contributed by atoms with Crippen molar-refractivity contribution in [1.82, 2.24) is 25.2 Å². The minimum Gasteiger partial charge on any atom is -0.508 e. The van der Waals surface area contributed by atoms with Crippen molar-refractivity contribution in [3.05, 3.63) is 47.9 Å². The molecule has 2 aromatic heterocycles. The van der Waals surface area contributed by atoms with E-state index >= 15 is 4.39 Å². The van der Waals surface area contributed by atoms with E-state index in [0.717, 1.165) is 57.2 Å². The van der Waals surface area contributed by atoms with Gasteiger partial charge in [0.15, 0.2) is 5.82 Å². The maximum Gasteiger partial charge on any atom is 0.319 e. The number of nitrogens with one attached hydrogen (secondary N) is 1. The van der Waals surface area contributed by atoms with Crippen LogP contribution in [0.2, 0.25) is 0 Å². The molecule has 9 heteroatoms. The second kappa shape index (κ2) is 10.8. The quantitative estimate of drug-likeness (QED) is 0.263. The van der Waals surface area contributed by atoms with Gasteiger partial charge in [0.1, 0.15) is 22.8 Å². The number of likely N-dealkylation sites (tertiary alicyclic amines) is 1. The van der Waals surface area contributed by atoms with Gasteiger partial charge in [-0.2, -0.15) is 9.97 Å². The van der Waals surface area contributed by atoms with Gasteiger partial charge >= 0.3 is 6.01 Å². The van der Waals surface area contributed by atoms with E-state index in [0.29, 0.717) is 51.8 Å². The van der Waals surface area contributed by atoms with E-state index in [1.54, 1.807) is 12.3 Å². The first-order valence-electron chi connectivity index (χ1n) is 16.9. The van der Waals surface area contributed by atoms with Crippen LogP contribution in [0.4, 0.5) is 10.2 Å². The summed E-state index contributed by atoms with van der Waals surface area (Å²) in [5.74, 6) is 4.51. The highest BCUT2D eigenvalue weighted by molar-refractivity contribution is 6.02. The van der Waals surface area contributed by atoms with E-state index in [1.807, 2.05) is 18.2 Å². The number of aromatic hydroxyl groups is 1. The average molecular weight is 619 g/mol. The molecule has 2 aromatic carbocycles. The minimum absolute atomic E-state index is 0.0121. The van der Waals surface area contributed by atoms with E-state index < -0.39 is 5.82 Å². The number of phenols is 1. The average Bonchev–Trinajstić information content (AvgIpc) is 3.62. The lowest BCUT2D eigenvalue weighted by atomic mass is 9.96. The molecule has 2 aliphatic carbocycles. The summed E-state index contributed by atoms with van der Waals surface area (Å²) in [7, 11) is 0. The van der Waals surface area contributed by atoms with Crippen molar-refractivity contribution in [3.63, 3.8) is 0 Å². The van der Waals surface area contributed by atoms with Gasteiger partial charge in [-0.15, -0.1) is 6.42 Å². The molecule has 5 aliphatic rings. The lowest BCUT2D eigenvalue weighted by Gasteiger charge is -2.35. The number of aromatic nitrogens is 3. The molecule has 5 heterocycles. The number of halogens is 1. The van der Waals surface area contributed by atoms with Gasteiger partial charge in [0.05, 0.1) is 12.0 Å². The van der Waals surface area contributed by atoms with E-state index in [4.69, 9.17) is 21.1 Å². The zero-order valence-electron chi connectivity index (χ0n) is 26.0. The zero-order chi connectivity index (χ0) is 31.0. The van der Waals surface area contributed by atoms with Crippen LogP contribution < -0.4 is 15.0 Å². The Bertz CT molecular complexity index is 1880. The first-order chi connectivity index (χ1) is 22.4. The van der Waals surface area contributed by atoms with Gasteiger partial charge in [-0.25, -0.2) is 4.39 Å². The smallest absolute Gasteiger partial charge is 0.319 e. The number of hydrogen-bond donors (Lipinski definition) is 2. The fourth-order valence-electron chi connectivity index (χ4n) is 8.87. The molecule has 2 saturated carbocycles. The Hall–Kier alpha value is -4.00. The topological polar surface area (TPSA) is 86.6 Å². The number of rotatable bonds is 7. The Kier molecular flexibility index (Phi) is 6.62. The second-order valence-electron chi connectivity index (χ2n) is 14.6. The van der Waals surface area contributed by atoms with Gasteiger partial charge in [-0.05, 0) is 80.4 Å². The third-order valence-electron chi connectivity index (χ3n) is 11.2. The molecule has 0 radical (unpaired) electrons. The number of ether oxygens (including phenoxy) is 1. The summed E-state index contributed by atoms with van der Waals surface area (Å²) < 4.78 is 23.3. The molecule has 2 unspecified atom stereocenters. The summed E-state index contributed by atoms with van der Waals surface area (Å²) in [6.45, 7) is 5.55. The summed E-state index contributed by atoms with van der Waals surface area (Å²) in [6.07, 6.45) is 16.2. The van der Waals surface area contributed by atoms with Crippen LogP contribution in [0, 0.1) is 35.4 Å². The summed E-state index contributed by atoms with van der Waals surface area (Å²) in [6, 6.07) is 9.61. The largest absolute Gasteiger partial charge is 0.508 e.